The number of ketones is 1. The summed E-state index contributed by atoms with van der Waals surface area (Å²) in [5.41, 5.74) is 2.20. The van der Waals surface area contributed by atoms with Crippen molar-refractivity contribution in [2.24, 2.45) is 0 Å². The van der Waals surface area contributed by atoms with E-state index in [1.54, 1.807) is 18.2 Å². The molecule has 2 aliphatic rings. The molecule has 0 saturated heterocycles. The Morgan fingerprint density at radius 1 is 1.00 bits per heavy atom. The summed E-state index contributed by atoms with van der Waals surface area (Å²) in [6.45, 7) is 0.180. The molecule has 0 atom stereocenters. The minimum atomic E-state index is -4.74. The minimum absolute atomic E-state index is 0.0786. The molecule has 0 spiro atoms. The molecule has 5 nitrogen and oxygen atoms in total. The van der Waals surface area contributed by atoms with Gasteiger partial charge >= 0.3 is 6.36 Å². The van der Waals surface area contributed by atoms with Crippen molar-refractivity contribution in [1.82, 2.24) is 4.98 Å². The fourth-order valence-corrected chi connectivity index (χ4v) is 3.95. The van der Waals surface area contributed by atoms with Crippen LogP contribution in [0.3, 0.4) is 0 Å². The molecule has 1 aliphatic heterocycles. The lowest BCUT2D eigenvalue weighted by atomic mass is 9.88. The number of ether oxygens (including phenoxy) is 3. The maximum atomic E-state index is 13.2. The molecule has 32 heavy (non-hydrogen) atoms. The van der Waals surface area contributed by atoms with Crippen LogP contribution in [-0.4, -0.2) is 23.9 Å². The molecule has 1 saturated carbocycles. The van der Waals surface area contributed by atoms with Gasteiger partial charge in [0.25, 0.3) is 0 Å². The lowest BCUT2D eigenvalue weighted by Gasteiger charge is -2.15. The molecule has 5 rings (SSSR count). The second-order valence-electron chi connectivity index (χ2n) is 7.84. The fourth-order valence-electron chi connectivity index (χ4n) is 3.95. The summed E-state index contributed by atoms with van der Waals surface area (Å²) in [6, 6.07) is 16.4. The van der Waals surface area contributed by atoms with E-state index in [0.29, 0.717) is 28.5 Å². The van der Waals surface area contributed by atoms with Crippen LogP contribution in [0.1, 0.15) is 24.1 Å². The van der Waals surface area contributed by atoms with Crippen LogP contribution in [0.15, 0.2) is 60.7 Å². The molecule has 2 heterocycles. The van der Waals surface area contributed by atoms with Crippen molar-refractivity contribution in [3.63, 3.8) is 0 Å². The van der Waals surface area contributed by atoms with Crippen LogP contribution in [0.25, 0.3) is 11.3 Å². The third-order valence-electron chi connectivity index (χ3n) is 5.74. The van der Waals surface area contributed by atoms with Crippen LogP contribution >= 0.6 is 0 Å². The quantitative estimate of drug-likeness (QED) is 0.525. The van der Waals surface area contributed by atoms with Crippen LogP contribution in [0, 0.1) is 0 Å². The molecule has 0 bridgehead atoms. The molecule has 1 aromatic heterocycles. The lowest BCUT2D eigenvalue weighted by molar-refractivity contribution is -0.274. The summed E-state index contributed by atoms with van der Waals surface area (Å²) in [5.74, 6) is 1.11. The minimum Gasteiger partial charge on any atom is -0.454 e. The number of halogens is 3. The van der Waals surface area contributed by atoms with Gasteiger partial charge in [-0.2, -0.15) is 0 Å². The number of benzene rings is 2. The average molecular weight is 441 g/mol. The van der Waals surface area contributed by atoms with Gasteiger partial charge < -0.3 is 14.2 Å². The predicted molar refractivity (Wildman–Crippen MR) is 109 cm³/mol. The molecule has 0 amide bonds. The number of hydrogen-bond donors (Lipinski definition) is 0. The number of Topliss-reactive ketones (excluding diaryl/α,β-unsaturated/α-hetero) is 1. The van der Waals surface area contributed by atoms with Crippen LogP contribution in [0.4, 0.5) is 13.2 Å². The van der Waals surface area contributed by atoms with Crippen molar-refractivity contribution < 1.29 is 32.2 Å². The second-order valence-corrected chi connectivity index (χ2v) is 7.84. The van der Waals surface area contributed by atoms with Gasteiger partial charge in [0, 0.05) is 17.7 Å². The lowest BCUT2D eigenvalue weighted by Crippen LogP contribution is -2.23. The van der Waals surface area contributed by atoms with Gasteiger partial charge in [-0.3, -0.25) is 9.78 Å². The Labute approximate surface area is 181 Å². The second kappa shape index (κ2) is 7.55. The number of pyridine rings is 1. The highest BCUT2D eigenvalue weighted by atomic mass is 19.4. The number of hydrogen-bond acceptors (Lipinski definition) is 5. The molecule has 3 aromatic rings. The van der Waals surface area contributed by atoms with Crippen molar-refractivity contribution >= 4 is 5.78 Å². The summed E-state index contributed by atoms with van der Waals surface area (Å²) in [7, 11) is 0. The highest BCUT2D eigenvalue weighted by molar-refractivity contribution is 5.94. The summed E-state index contributed by atoms with van der Waals surface area (Å²) < 4.78 is 51.7. The Bertz CT molecular complexity index is 1170. The third-order valence-corrected chi connectivity index (χ3v) is 5.74. The summed E-state index contributed by atoms with van der Waals surface area (Å²) >= 11 is 0. The van der Waals surface area contributed by atoms with Crippen molar-refractivity contribution in [3.05, 3.63) is 71.9 Å². The first-order chi connectivity index (χ1) is 15.3. The first kappa shape index (κ1) is 20.4. The first-order valence-electron chi connectivity index (χ1n) is 10.1. The molecule has 164 valence electrons. The molecule has 0 N–H and O–H groups in total. The van der Waals surface area contributed by atoms with E-state index in [2.05, 4.69) is 9.72 Å². The van der Waals surface area contributed by atoms with Crippen LogP contribution in [0.2, 0.25) is 0 Å². The number of fused-ring (bicyclic) bond motifs is 1. The Kier molecular flexibility index (Phi) is 4.80. The Hall–Kier alpha value is -3.55. The van der Waals surface area contributed by atoms with Crippen molar-refractivity contribution in [3.8, 4) is 28.5 Å². The Balaban J connectivity index is 1.32. The third kappa shape index (κ3) is 4.00. The number of nitrogens with zero attached hydrogens (tertiary/aromatic N) is 1. The SMILES string of the molecule is O=C(Cc1cccc(-c2ccc(OC(F)(F)F)cc2)n1)C1(c2ccc3c(c2)OCO3)CC1. The number of aromatic nitrogens is 1. The monoisotopic (exact) mass is 441 g/mol. The van der Waals surface area contributed by atoms with Gasteiger partial charge in [0.15, 0.2) is 11.5 Å². The van der Waals surface area contributed by atoms with E-state index >= 15 is 0 Å². The molecule has 1 fully saturated rings. The molecular formula is C24H18F3NO4. The summed E-state index contributed by atoms with van der Waals surface area (Å²) in [4.78, 5) is 17.7. The Morgan fingerprint density at radius 3 is 2.47 bits per heavy atom. The zero-order valence-electron chi connectivity index (χ0n) is 16.8. The van der Waals surface area contributed by atoms with E-state index in [1.165, 1.54) is 24.3 Å². The molecule has 0 unspecified atom stereocenters. The maximum Gasteiger partial charge on any atom is 0.573 e. The maximum absolute atomic E-state index is 13.2. The van der Waals surface area contributed by atoms with E-state index in [4.69, 9.17) is 9.47 Å². The Morgan fingerprint density at radius 2 is 1.75 bits per heavy atom. The number of carbonyl (C=O) groups is 1. The highest BCUT2D eigenvalue weighted by Gasteiger charge is 2.51. The molecule has 2 aromatic carbocycles. The normalized spacial score (nSPS) is 16.0. The van der Waals surface area contributed by atoms with Crippen molar-refractivity contribution in [2.75, 3.05) is 6.79 Å². The topological polar surface area (TPSA) is 57.7 Å². The van der Waals surface area contributed by atoms with E-state index in [1.807, 2.05) is 18.2 Å². The van der Waals surface area contributed by atoms with Crippen molar-refractivity contribution in [1.29, 1.82) is 0 Å². The number of rotatable bonds is 6. The van der Waals surface area contributed by atoms with Crippen LogP contribution in [-0.2, 0) is 16.6 Å². The van der Waals surface area contributed by atoms with Gasteiger partial charge in [0.2, 0.25) is 6.79 Å². The van der Waals surface area contributed by atoms with Gasteiger partial charge in [-0.25, -0.2) is 0 Å². The van der Waals surface area contributed by atoms with E-state index in [0.717, 1.165) is 18.4 Å². The van der Waals surface area contributed by atoms with Gasteiger partial charge in [-0.15, -0.1) is 13.2 Å². The van der Waals surface area contributed by atoms with Gasteiger partial charge in [0.05, 0.1) is 11.1 Å². The van der Waals surface area contributed by atoms with Gasteiger partial charge in [-0.1, -0.05) is 12.1 Å². The standard InChI is InChI=1S/C24H18F3NO4/c25-24(26,27)32-18-7-4-15(5-8-18)19-3-1-2-17(28-19)13-22(29)23(10-11-23)16-6-9-20-21(12-16)31-14-30-20/h1-9,12H,10-11,13-14H2. The van der Waals surface area contributed by atoms with Crippen LogP contribution in [0.5, 0.6) is 17.2 Å². The molecule has 1 aliphatic carbocycles. The molecular weight excluding hydrogens is 423 g/mol. The molecule has 0 radical (unpaired) electrons. The smallest absolute Gasteiger partial charge is 0.454 e. The zero-order chi connectivity index (χ0) is 22.3. The first-order valence-corrected chi connectivity index (χ1v) is 10.1. The van der Waals surface area contributed by atoms with Crippen molar-refractivity contribution in [2.45, 2.75) is 31.0 Å². The average Bonchev–Trinajstić information content (AvgIpc) is 3.44. The van der Waals surface area contributed by atoms with Gasteiger partial charge in [-0.05, 0) is 66.9 Å². The fraction of sp³-hybridized carbons (Fsp3) is 0.250. The van der Waals surface area contributed by atoms with E-state index in [9.17, 15) is 18.0 Å². The predicted octanol–water partition coefficient (Wildman–Crippen LogP) is 5.22. The van der Waals surface area contributed by atoms with Gasteiger partial charge in [0.1, 0.15) is 11.5 Å². The summed E-state index contributed by atoms with van der Waals surface area (Å²) in [5, 5.41) is 0. The van der Waals surface area contributed by atoms with Crippen LogP contribution < -0.4 is 14.2 Å². The number of carbonyl (C=O) groups excluding carboxylic acids is 1. The van der Waals surface area contributed by atoms with E-state index < -0.39 is 11.8 Å². The summed E-state index contributed by atoms with van der Waals surface area (Å²) in [6.07, 6.45) is -3.04. The zero-order valence-corrected chi connectivity index (χ0v) is 16.8. The highest BCUT2D eigenvalue weighted by Crippen LogP contribution is 2.51. The van der Waals surface area contributed by atoms with E-state index in [-0.39, 0.29) is 24.7 Å². The largest absolute Gasteiger partial charge is 0.573 e. The molecule has 8 heteroatoms. The number of alkyl halides is 3.